The van der Waals surface area contributed by atoms with Crippen LogP contribution in [0.3, 0.4) is 0 Å². The van der Waals surface area contributed by atoms with Crippen LogP contribution in [-0.4, -0.2) is 45.7 Å². The molecule has 1 rings (SSSR count). The Labute approximate surface area is 167 Å². The van der Waals surface area contributed by atoms with E-state index in [0.717, 1.165) is 12.1 Å². The van der Waals surface area contributed by atoms with Gasteiger partial charge in [0.15, 0.2) is 0 Å². The zero-order valence-corrected chi connectivity index (χ0v) is 18.0. The largest absolute Gasteiger partial charge is 0.464 e. The lowest BCUT2D eigenvalue weighted by atomic mass is 10.2. The van der Waals surface area contributed by atoms with Crippen LogP contribution in [0.5, 0.6) is 0 Å². The van der Waals surface area contributed by atoms with Gasteiger partial charge in [-0.3, -0.25) is 4.57 Å². The van der Waals surface area contributed by atoms with Gasteiger partial charge in [0.05, 0.1) is 24.7 Å². The standard InChI is InChI=1S/C16H23F3NO7PS/c1-5-25-14(21)15(16(17,18)19,28(22,26-6-2)27-7-3)20-29(23,24)13-10-8-12(4)9-11-13/h8-11,20H,5-7H2,1-4H3. The molecule has 0 radical (unpaired) electrons. The molecular formula is C16H23F3NO7PS. The third-order valence-electron chi connectivity index (χ3n) is 3.60. The first-order valence-corrected chi connectivity index (χ1v) is 11.6. The quantitative estimate of drug-likeness (QED) is 0.421. The van der Waals surface area contributed by atoms with E-state index in [1.807, 2.05) is 0 Å². The maximum atomic E-state index is 14.2. The van der Waals surface area contributed by atoms with Crippen molar-refractivity contribution >= 4 is 23.6 Å². The fourth-order valence-corrected chi connectivity index (χ4v) is 6.06. The summed E-state index contributed by atoms with van der Waals surface area (Å²) < 4.78 is 96.5. The Kier molecular flexibility index (Phi) is 8.44. The number of esters is 1. The highest BCUT2D eigenvalue weighted by Crippen LogP contribution is 2.65. The zero-order chi connectivity index (χ0) is 22.5. The highest BCUT2D eigenvalue weighted by Gasteiger charge is 2.76. The van der Waals surface area contributed by atoms with Gasteiger partial charge in [-0.2, -0.15) is 17.9 Å². The number of nitrogens with one attached hydrogen (secondary N) is 1. The Morgan fingerprint density at radius 1 is 1.03 bits per heavy atom. The van der Waals surface area contributed by atoms with E-state index < -0.39 is 59.8 Å². The van der Waals surface area contributed by atoms with Gasteiger partial charge in [0, 0.05) is 0 Å². The van der Waals surface area contributed by atoms with Crippen LogP contribution in [0.25, 0.3) is 0 Å². The van der Waals surface area contributed by atoms with Gasteiger partial charge in [0.25, 0.3) is 0 Å². The molecule has 0 saturated carbocycles. The Bertz CT molecular complexity index is 848. The lowest BCUT2D eigenvalue weighted by molar-refractivity contribution is -0.194. The van der Waals surface area contributed by atoms with Gasteiger partial charge in [-0.25, -0.2) is 13.2 Å². The summed E-state index contributed by atoms with van der Waals surface area (Å²) in [6, 6.07) is 4.77. The van der Waals surface area contributed by atoms with Crippen LogP contribution in [0.4, 0.5) is 13.2 Å². The maximum Gasteiger partial charge on any atom is 0.430 e. The number of aryl methyl sites for hydroxylation is 1. The molecule has 1 N–H and O–H groups in total. The number of benzene rings is 1. The monoisotopic (exact) mass is 461 g/mol. The third-order valence-corrected chi connectivity index (χ3v) is 7.79. The summed E-state index contributed by atoms with van der Waals surface area (Å²) in [6.07, 6.45) is -5.73. The Balaban J connectivity index is 3.80. The average molecular weight is 461 g/mol. The van der Waals surface area contributed by atoms with E-state index in [4.69, 9.17) is 9.05 Å². The minimum atomic E-state index is -5.73. The van der Waals surface area contributed by atoms with E-state index in [-0.39, 0.29) is 0 Å². The number of rotatable bonds is 10. The molecule has 1 unspecified atom stereocenters. The number of hydrogen-bond acceptors (Lipinski definition) is 7. The molecule has 0 saturated heterocycles. The molecule has 0 heterocycles. The van der Waals surface area contributed by atoms with Crippen molar-refractivity contribution in [2.45, 2.75) is 44.0 Å². The van der Waals surface area contributed by atoms with Gasteiger partial charge in [-0.1, -0.05) is 17.7 Å². The molecule has 0 bridgehead atoms. The van der Waals surface area contributed by atoms with Crippen molar-refractivity contribution in [2.75, 3.05) is 19.8 Å². The Morgan fingerprint density at radius 3 is 1.90 bits per heavy atom. The smallest absolute Gasteiger partial charge is 0.430 e. The van der Waals surface area contributed by atoms with Gasteiger partial charge >= 0.3 is 25.0 Å². The summed E-state index contributed by atoms with van der Waals surface area (Å²) in [6.45, 7) is 3.63. The predicted octanol–water partition coefficient (Wildman–Crippen LogP) is 3.36. The van der Waals surface area contributed by atoms with Gasteiger partial charge in [-0.05, 0) is 39.8 Å². The summed E-state index contributed by atoms with van der Waals surface area (Å²) in [5.41, 5.74) is 0.644. The molecule has 0 fully saturated rings. The molecule has 0 aliphatic rings. The third kappa shape index (κ3) is 5.18. The number of carbonyl (C=O) groups is 1. The summed E-state index contributed by atoms with van der Waals surface area (Å²) >= 11 is 0. The second-order valence-corrected chi connectivity index (χ2v) is 9.54. The van der Waals surface area contributed by atoms with Gasteiger partial charge in [0.2, 0.25) is 10.0 Å². The molecule has 13 heteroatoms. The van der Waals surface area contributed by atoms with Gasteiger partial charge < -0.3 is 13.8 Å². The van der Waals surface area contributed by atoms with Gasteiger partial charge in [-0.15, -0.1) is 0 Å². The molecule has 0 aliphatic heterocycles. The number of halogens is 3. The molecule has 8 nitrogen and oxygen atoms in total. The predicted molar refractivity (Wildman–Crippen MR) is 97.8 cm³/mol. The van der Waals surface area contributed by atoms with Crippen LogP contribution in [-0.2, 0) is 33.2 Å². The lowest BCUT2D eigenvalue weighted by Crippen LogP contribution is -2.64. The summed E-state index contributed by atoms with van der Waals surface area (Å²) in [7, 11) is -10.5. The Hall–Kier alpha value is -1.46. The number of sulfonamides is 1. The fraction of sp³-hybridized carbons (Fsp3) is 0.562. The van der Waals surface area contributed by atoms with Crippen molar-refractivity contribution in [1.82, 2.24) is 4.72 Å². The number of carbonyl (C=O) groups excluding carboxylic acids is 1. The van der Waals surface area contributed by atoms with Crippen molar-refractivity contribution in [3.8, 4) is 0 Å². The van der Waals surface area contributed by atoms with E-state index in [1.165, 1.54) is 37.6 Å². The number of hydrogen-bond donors (Lipinski definition) is 1. The lowest BCUT2D eigenvalue weighted by Gasteiger charge is -2.37. The number of ether oxygens (including phenoxy) is 1. The van der Waals surface area contributed by atoms with E-state index >= 15 is 0 Å². The minimum Gasteiger partial charge on any atom is -0.464 e. The summed E-state index contributed by atoms with van der Waals surface area (Å²) in [5, 5.41) is -4.30. The minimum absolute atomic E-state index is 0.541. The molecular weight excluding hydrogens is 438 g/mol. The van der Waals surface area contributed by atoms with Crippen molar-refractivity contribution < 1.29 is 44.7 Å². The van der Waals surface area contributed by atoms with Crippen molar-refractivity contribution in [3.05, 3.63) is 29.8 Å². The fourth-order valence-electron chi connectivity index (χ4n) is 2.32. The van der Waals surface area contributed by atoms with Crippen LogP contribution in [0.1, 0.15) is 26.3 Å². The van der Waals surface area contributed by atoms with Crippen LogP contribution in [0.2, 0.25) is 0 Å². The van der Waals surface area contributed by atoms with Gasteiger partial charge in [0.1, 0.15) is 0 Å². The maximum absolute atomic E-state index is 14.2. The molecule has 1 aromatic rings. The summed E-state index contributed by atoms with van der Waals surface area (Å²) in [5.74, 6) is -2.14. The van der Waals surface area contributed by atoms with E-state index in [0.29, 0.717) is 5.56 Å². The molecule has 0 spiro atoms. The van der Waals surface area contributed by atoms with E-state index in [9.17, 15) is 30.9 Å². The van der Waals surface area contributed by atoms with Crippen LogP contribution < -0.4 is 4.72 Å². The normalized spacial score (nSPS) is 15.0. The Morgan fingerprint density at radius 2 is 1.52 bits per heavy atom. The molecule has 1 atom stereocenters. The first kappa shape index (κ1) is 25.6. The van der Waals surface area contributed by atoms with Crippen LogP contribution >= 0.6 is 7.60 Å². The topological polar surface area (TPSA) is 108 Å². The zero-order valence-electron chi connectivity index (χ0n) is 16.3. The molecule has 1 aromatic carbocycles. The van der Waals surface area contributed by atoms with Crippen LogP contribution in [0.15, 0.2) is 29.2 Å². The van der Waals surface area contributed by atoms with Crippen LogP contribution in [0, 0.1) is 6.92 Å². The number of alkyl halides is 3. The molecule has 0 aliphatic carbocycles. The first-order chi connectivity index (χ1) is 13.3. The second-order valence-electron chi connectivity index (χ2n) is 5.68. The summed E-state index contributed by atoms with van der Waals surface area (Å²) in [4.78, 5) is 11.9. The van der Waals surface area contributed by atoms with Crippen molar-refractivity contribution in [1.29, 1.82) is 0 Å². The SMILES string of the molecule is CCOC(=O)C(NS(=O)(=O)c1ccc(C)cc1)(C(F)(F)F)P(=O)(OCC)OCC. The first-order valence-electron chi connectivity index (χ1n) is 8.55. The van der Waals surface area contributed by atoms with E-state index in [2.05, 4.69) is 4.74 Å². The molecule has 0 aromatic heterocycles. The van der Waals surface area contributed by atoms with Crippen molar-refractivity contribution in [3.63, 3.8) is 0 Å². The van der Waals surface area contributed by atoms with Crippen molar-refractivity contribution in [2.24, 2.45) is 0 Å². The van der Waals surface area contributed by atoms with E-state index in [1.54, 1.807) is 6.92 Å². The molecule has 29 heavy (non-hydrogen) atoms. The second kappa shape index (κ2) is 9.57. The highest BCUT2D eigenvalue weighted by molar-refractivity contribution is 7.90. The average Bonchev–Trinajstić information content (AvgIpc) is 2.59. The molecule has 0 amide bonds. The highest BCUT2D eigenvalue weighted by atomic mass is 32.2. The molecule has 166 valence electrons.